The lowest BCUT2D eigenvalue weighted by molar-refractivity contribution is 1.07. The van der Waals surface area contributed by atoms with Gasteiger partial charge in [-0.3, -0.25) is 0 Å². The molecule has 4 nitrogen and oxygen atoms in total. The van der Waals surface area contributed by atoms with Crippen LogP contribution in [0.15, 0.2) is 206 Å². The topological polar surface area (TPSA) is 43.6 Å². The van der Waals surface area contributed by atoms with Gasteiger partial charge in [0.1, 0.15) is 0 Å². The largest absolute Gasteiger partial charge is 0.309 e. The van der Waals surface area contributed by atoms with Gasteiger partial charge < -0.3 is 4.57 Å². The first-order chi connectivity index (χ1) is 28.2. The molecule has 4 heteroatoms. The van der Waals surface area contributed by atoms with Gasteiger partial charge in [-0.05, 0) is 56.6 Å². The zero-order valence-corrected chi connectivity index (χ0v) is 30.9. The Balaban J connectivity index is 0.972. The second kappa shape index (κ2) is 13.6. The number of nitrogens with zero attached hydrogens (tertiary/aromatic N) is 4. The minimum absolute atomic E-state index is 0.634. The summed E-state index contributed by atoms with van der Waals surface area (Å²) in [5, 5.41) is 7.44. The predicted octanol–water partition coefficient (Wildman–Crippen LogP) is 13.6. The van der Waals surface area contributed by atoms with Crippen LogP contribution in [0.2, 0.25) is 0 Å². The van der Waals surface area contributed by atoms with E-state index in [0.29, 0.717) is 17.5 Å². The summed E-state index contributed by atoms with van der Waals surface area (Å²) in [6, 6.07) is 72.9. The summed E-state index contributed by atoms with van der Waals surface area (Å²) in [6.07, 6.45) is 0. The van der Waals surface area contributed by atoms with Crippen LogP contribution in [0.1, 0.15) is 0 Å². The van der Waals surface area contributed by atoms with E-state index in [1.165, 1.54) is 48.9 Å². The van der Waals surface area contributed by atoms with E-state index in [9.17, 15) is 0 Å². The maximum absolute atomic E-state index is 5.06. The van der Waals surface area contributed by atoms with Crippen molar-refractivity contribution < 1.29 is 0 Å². The third kappa shape index (κ3) is 5.74. The molecule has 266 valence electrons. The molecule has 0 atom stereocenters. The molecule has 0 amide bonds. The molecule has 0 saturated heterocycles. The van der Waals surface area contributed by atoms with Gasteiger partial charge in [-0.15, -0.1) is 0 Å². The fraction of sp³-hybridized carbons (Fsp3) is 0. The number of benzene rings is 9. The van der Waals surface area contributed by atoms with Gasteiger partial charge in [0.2, 0.25) is 0 Å². The van der Waals surface area contributed by atoms with Crippen molar-refractivity contribution in [3.63, 3.8) is 0 Å². The fourth-order valence-electron chi connectivity index (χ4n) is 8.26. The van der Waals surface area contributed by atoms with Crippen LogP contribution in [0.5, 0.6) is 0 Å². The summed E-state index contributed by atoms with van der Waals surface area (Å²) in [5.41, 5.74) is 11.0. The van der Waals surface area contributed by atoms with E-state index in [-0.39, 0.29) is 0 Å². The second-order valence-corrected chi connectivity index (χ2v) is 14.4. The van der Waals surface area contributed by atoms with Crippen molar-refractivity contribution in [2.24, 2.45) is 0 Å². The molecule has 0 unspecified atom stereocenters. The molecule has 11 aromatic rings. The minimum atomic E-state index is 0.634. The summed E-state index contributed by atoms with van der Waals surface area (Å²) in [6.45, 7) is 0. The Morgan fingerprint density at radius 1 is 0.298 bits per heavy atom. The van der Waals surface area contributed by atoms with Gasteiger partial charge in [-0.25, -0.2) is 15.0 Å². The first kappa shape index (κ1) is 32.7. The first-order valence-corrected chi connectivity index (χ1v) is 19.3. The van der Waals surface area contributed by atoms with Crippen molar-refractivity contribution in [1.82, 2.24) is 19.5 Å². The Kier molecular flexibility index (Phi) is 7.78. The average molecular weight is 727 g/mol. The van der Waals surface area contributed by atoms with Crippen LogP contribution < -0.4 is 0 Å². The standard InChI is InChI=1S/C53H34N4/c1-2-14-39(15-3-1)51-54-52(56-53(55-51)41-30-26-38(27-31-41)45-22-11-16-36-12-4-6-19-44(36)45)40-28-24-35(25-29-40)42-17-10-18-43(34-42)57-49-23-9-8-21-47(49)48-33-32-37-13-5-7-20-46(37)50(48)57/h1-34H. The van der Waals surface area contributed by atoms with E-state index in [4.69, 9.17) is 15.0 Å². The minimum Gasteiger partial charge on any atom is -0.309 e. The number of para-hydroxylation sites is 1. The number of fused-ring (bicyclic) bond motifs is 6. The van der Waals surface area contributed by atoms with Gasteiger partial charge in [0, 0.05) is 38.5 Å². The van der Waals surface area contributed by atoms with Gasteiger partial charge in [0.25, 0.3) is 0 Å². The number of rotatable bonds is 6. The van der Waals surface area contributed by atoms with Crippen molar-refractivity contribution in [2.45, 2.75) is 0 Å². The van der Waals surface area contributed by atoms with E-state index in [1.807, 2.05) is 30.3 Å². The Bertz CT molecular complexity index is 3270. The van der Waals surface area contributed by atoms with Gasteiger partial charge in [0.05, 0.1) is 11.0 Å². The maximum atomic E-state index is 5.06. The maximum Gasteiger partial charge on any atom is 0.164 e. The van der Waals surface area contributed by atoms with Gasteiger partial charge in [-0.1, -0.05) is 188 Å². The molecule has 0 N–H and O–H groups in total. The van der Waals surface area contributed by atoms with E-state index in [0.717, 1.165) is 39.1 Å². The van der Waals surface area contributed by atoms with E-state index in [2.05, 4.69) is 180 Å². The molecule has 0 spiro atoms. The summed E-state index contributed by atoms with van der Waals surface area (Å²) in [7, 11) is 0. The Labute approximate surface area is 330 Å². The van der Waals surface area contributed by atoms with E-state index >= 15 is 0 Å². The monoisotopic (exact) mass is 726 g/mol. The Morgan fingerprint density at radius 2 is 0.807 bits per heavy atom. The summed E-state index contributed by atoms with van der Waals surface area (Å²) in [4.78, 5) is 15.1. The third-order valence-corrected chi connectivity index (χ3v) is 11.1. The zero-order chi connectivity index (χ0) is 37.7. The van der Waals surface area contributed by atoms with Crippen molar-refractivity contribution in [3.05, 3.63) is 206 Å². The Morgan fingerprint density at radius 3 is 1.53 bits per heavy atom. The van der Waals surface area contributed by atoms with Crippen LogP contribution >= 0.6 is 0 Å². The number of aromatic nitrogens is 4. The molecule has 0 saturated carbocycles. The summed E-state index contributed by atoms with van der Waals surface area (Å²) in [5.74, 6) is 1.91. The molecule has 11 rings (SSSR count). The van der Waals surface area contributed by atoms with Crippen molar-refractivity contribution >= 4 is 43.4 Å². The molecule has 57 heavy (non-hydrogen) atoms. The summed E-state index contributed by atoms with van der Waals surface area (Å²) < 4.78 is 2.41. The van der Waals surface area contributed by atoms with Gasteiger partial charge in [-0.2, -0.15) is 0 Å². The van der Waals surface area contributed by atoms with Crippen LogP contribution in [0.25, 0.3) is 105 Å². The van der Waals surface area contributed by atoms with Crippen LogP contribution in [-0.2, 0) is 0 Å². The molecule has 2 heterocycles. The highest BCUT2D eigenvalue weighted by molar-refractivity contribution is 6.18. The number of hydrogen-bond acceptors (Lipinski definition) is 3. The molecule has 9 aromatic carbocycles. The van der Waals surface area contributed by atoms with Gasteiger partial charge in [0.15, 0.2) is 17.5 Å². The van der Waals surface area contributed by atoms with Crippen molar-refractivity contribution in [1.29, 1.82) is 0 Å². The lowest BCUT2D eigenvalue weighted by atomic mass is 9.97. The summed E-state index contributed by atoms with van der Waals surface area (Å²) >= 11 is 0. The van der Waals surface area contributed by atoms with Crippen LogP contribution in [0.3, 0.4) is 0 Å². The molecular formula is C53H34N4. The van der Waals surface area contributed by atoms with Crippen LogP contribution in [0.4, 0.5) is 0 Å². The predicted molar refractivity (Wildman–Crippen MR) is 236 cm³/mol. The smallest absolute Gasteiger partial charge is 0.164 e. The first-order valence-electron chi connectivity index (χ1n) is 19.3. The highest BCUT2D eigenvalue weighted by Gasteiger charge is 2.16. The fourth-order valence-corrected chi connectivity index (χ4v) is 8.26. The second-order valence-electron chi connectivity index (χ2n) is 14.4. The Hall–Kier alpha value is -7.69. The highest BCUT2D eigenvalue weighted by Crippen LogP contribution is 2.38. The molecule has 0 fully saturated rings. The zero-order valence-electron chi connectivity index (χ0n) is 30.9. The van der Waals surface area contributed by atoms with E-state index in [1.54, 1.807) is 0 Å². The molecule has 0 radical (unpaired) electrons. The molecular weight excluding hydrogens is 693 g/mol. The molecule has 0 bridgehead atoms. The van der Waals surface area contributed by atoms with Gasteiger partial charge >= 0.3 is 0 Å². The van der Waals surface area contributed by atoms with Crippen LogP contribution in [-0.4, -0.2) is 19.5 Å². The quantitative estimate of drug-likeness (QED) is 0.171. The third-order valence-electron chi connectivity index (χ3n) is 11.1. The molecule has 0 aliphatic carbocycles. The van der Waals surface area contributed by atoms with E-state index < -0.39 is 0 Å². The molecule has 2 aromatic heterocycles. The lowest BCUT2D eigenvalue weighted by Crippen LogP contribution is -2.00. The highest BCUT2D eigenvalue weighted by atomic mass is 15.0. The van der Waals surface area contributed by atoms with Crippen LogP contribution in [0, 0.1) is 0 Å². The molecule has 0 aliphatic heterocycles. The SMILES string of the molecule is c1ccc(-c2nc(-c3ccc(-c4cccc(-n5c6ccccc6c6ccc7ccccc7c65)c4)cc3)nc(-c3ccc(-c4cccc5ccccc45)cc3)n2)cc1. The van der Waals surface area contributed by atoms with Crippen molar-refractivity contribution in [3.8, 4) is 62.1 Å². The lowest BCUT2D eigenvalue weighted by Gasteiger charge is -2.12. The van der Waals surface area contributed by atoms with Crippen molar-refractivity contribution in [2.75, 3.05) is 0 Å². The normalized spacial score (nSPS) is 11.5. The average Bonchev–Trinajstić information content (AvgIpc) is 3.64. The number of hydrogen-bond donors (Lipinski definition) is 0. The molecule has 0 aliphatic rings.